The molecule has 0 bridgehead atoms. The highest BCUT2D eigenvalue weighted by Crippen LogP contribution is 2.16. The number of hydrogen-bond acceptors (Lipinski definition) is 1. The molecule has 0 aromatic heterocycles. The summed E-state index contributed by atoms with van der Waals surface area (Å²) in [5.41, 5.74) is 1.77. The van der Waals surface area contributed by atoms with Crippen molar-refractivity contribution in [3.8, 4) is 5.75 Å². The lowest BCUT2D eigenvalue weighted by Crippen LogP contribution is -1.92. The number of halogens is 2. The molecule has 0 N–H and O–H groups in total. The molecule has 0 unspecified atom stereocenters. The summed E-state index contributed by atoms with van der Waals surface area (Å²) >= 11 is 0. The van der Waals surface area contributed by atoms with Gasteiger partial charge in [-0.3, -0.25) is 0 Å². The molecule has 0 aliphatic heterocycles. The van der Waals surface area contributed by atoms with Crippen LogP contribution in [0.1, 0.15) is 11.1 Å². The van der Waals surface area contributed by atoms with Crippen LogP contribution in [0.5, 0.6) is 5.75 Å². The Balaban J connectivity index is 2.16. The number of ether oxygens (including phenoxy) is 1. The number of hydrogen-bond donors (Lipinski definition) is 0. The van der Waals surface area contributed by atoms with Gasteiger partial charge in [-0.2, -0.15) is 0 Å². The molecule has 1 nitrogen and oxygen atoms in total. The van der Waals surface area contributed by atoms with Crippen molar-refractivity contribution in [1.82, 2.24) is 0 Å². The second-order valence-electron chi connectivity index (χ2n) is 3.77. The maximum absolute atomic E-state index is 13.0. The summed E-state index contributed by atoms with van der Waals surface area (Å²) < 4.78 is 30.8. The molecule has 88 valence electrons. The Morgan fingerprint density at radius 2 is 1.53 bits per heavy atom. The molecular weight excluding hydrogens is 222 g/mol. The lowest BCUT2D eigenvalue weighted by Gasteiger charge is -2.04. The van der Waals surface area contributed by atoms with Crippen molar-refractivity contribution < 1.29 is 13.5 Å². The third-order valence-electron chi connectivity index (χ3n) is 2.55. The fourth-order valence-corrected chi connectivity index (χ4v) is 1.63. The molecule has 0 spiro atoms. The maximum Gasteiger partial charge on any atom is 0.159 e. The van der Waals surface area contributed by atoms with Crippen molar-refractivity contribution in [3.63, 3.8) is 0 Å². The van der Waals surface area contributed by atoms with Crippen LogP contribution < -0.4 is 4.74 Å². The third kappa shape index (κ3) is 2.81. The Bertz CT molecular complexity index is 506. The van der Waals surface area contributed by atoms with E-state index in [4.69, 9.17) is 4.74 Å². The van der Waals surface area contributed by atoms with Crippen molar-refractivity contribution >= 4 is 0 Å². The number of benzene rings is 2. The van der Waals surface area contributed by atoms with Gasteiger partial charge in [0.2, 0.25) is 0 Å². The summed E-state index contributed by atoms with van der Waals surface area (Å²) in [4.78, 5) is 0. The molecule has 0 aliphatic rings. The summed E-state index contributed by atoms with van der Waals surface area (Å²) in [6.45, 7) is 0. The molecule has 0 heterocycles. The lowest BCUT2D eigenvalue weighted by atomic mass is 10.0. The van der Waals surface area contributed by atoms with Gasteiger partial charge in [0.25, 0.3) is 0 Å². The topological polar surface area (TPSA) is 9.23 Å². The molecule has 0 amide bonds. The molecule has 2 aromatic carbocycles. The van der Waals surface area contributed by atoms with Crippen LogP contribution in [0.3, 0.4) is 0 Å². The van der Waals surface area contributed by atoms with Crippen LogP contribution in [0.2, 0.25) is 0 Å². The zero-order valence-corrected chi connectivity index (χ0v) is 9.41. The molecule has 0 saturated heterocycles. The van der Waals surface area contributed by atoms with E-state index in [9.17, 15) is 8.78 Å². The van der Waals surface area contributed by atoms with Crippen LogP contribution in [0.25, 0.3) is 0 Å². The van der Waals surface area contributed by atoms with Crippen LogP contribution in [-0.2, 0) is 6.42 Å². The van der Waals surface area contributed by atoms with E-state index in [2.05, 4.69) is 0 Å². The Morgan fingerprint density at radius 1 is 0.882 bits per heavy atom. The standard InChI is InChI=1S/C14H12F2O/c1-17-12-5-2-10(3-6-12)8-11-4-7-13(15)14(16)9-11/h2-7,9H,8H2,1H3. The summed E-state index contributed by atoms with van der Waals surface area (Å²) in [5.74, 6) is -0.849. The zero-order valence-electron chi connectivity index (χ0n) is 9.41. The summed E-state index contributed by atoms with van der Waals surface area (Å²) in [6.07, 6.45) is 0.571. The van der Waals surface area contributed by atoms with Gasteiger partial charge in [0.1, 0.15) is 5.75 Å². The van der Waals surface area contributed by atoms with E-state index in [1.807, 2.05) is 24.3 Å². The first-order chi connectivity index (χ1) is 8.19. The van der Waals surface area contributed by atoms with E-state index in [1.54, 1.807) is 13.2 Å². The Kier molecular flexibility index (Phi) is 3.38. The van der Waals surface area contributed by atoms with Gasteiger partial charge in [-0.05, 0) is 41.8 Å². The third-order valence-corrected chi connectivity index (χ3v) is 2.55. The average molecular weight is 234 g/mol. The number of rotatable bonds is 3. The normalized spacial score (nSPS) is 10.3. The second kappa shape index (κ2) is 4.95. The van der Waals surface area contributed by atoms with Crippen LogP contribution in [0.15, 0.2) is 42.5 Å². The molecule has 0 aliphatic carbocycles. The van der Waals surface area contributed by atoms with Crippen LogP contribution in [0.4, 0.5) is 8.78 Å². The van der Waals surface area contributed by atoms with E-state index in [-0.39, 0.29) is 0 Å². The molecule has 17 heavy (non-hydrogen) atoms. The minimum absolute atomic E-state index is 0.571. The van der Waals surface area contributed by atoms with Gasteiger partial charge in [-0.1, -0.05) is 18.2 Å². The molecule has 3 heteroatoms. The van der Waals surface area contributed by atoms with Crippen molar-refractivity contribution in [2.45, 2.75) is 6.42 Å². The lowest BCUT2D eigenvalue weighted by molar-refractivity contribution is 0.414. The highest BCUT2D eigenvalue weighted by molar-refractivity contribution is 5.31. The summed E-state index contributed by atoms with van der Waals surface area (Å²) in [7, 11) is 1.60. The fourth-order valence-electron chi connectivity index (χ4n) is 1.63. The van der Waals surface area contributed by atoms with E-state index < -0.39 is 11.6 Å². The molecule has 0 radical (unpaired) electrons. The molecule has 0 atom stereocenters. The maximum atomic E-state index is 13.0. The monoisotopic (exact) mass is 234 g/mol. The SMILES string of the molecule is COc1ccc(Cc2ccc(F)c(F)c2)cc1. The van der Waals surface area contributed by atoms with E-state index in [1.165, 1.54) is 6.07 Å². The van der Waals surface area contributed by atoms with Gasteiger partial charge in [-0.15, -0.1) is 0 Å². The van der Waals surface area contributed by atoms with Crippen molar-refractivity contribution in [2.75, 3.05) is 7.11 Å². The quantitative estimate of drug-likeness (QED) is 0.789. The molecular formula is C14H12F2O. The number of methoxy groups -OCH3 is 1. The molecule has 0 saturated carbocycles. The summed E-state index contributed by atoms with van der Waals surface area (Å²) in [5, 5.41) is 0. The molecule has 0 fully saturated rings. The van der Waals surface area contributed by atoms with Gasteiger partial charge in [0.05, 0.1) is 7.11 Å². The van der Waals surface area contributed by atoms with Gasteiger partial charge >= 0.3 is 0 Å². The first-order valence-electron chi connectivity index (χ1n) is 5.26. The van der Waals surface area contributed by atoms with Crippen LogP contribution in [-0.4, -0.2) is 7.11 Å². The van der Waals surface area contributed by atoms with Gasteiger partial charge in [-0.25, -0.2) is 8.78 Å². The highest BCUT2D eigenvalue weighted by Gasteiger charge is 2.03. The summed E-state index contributed by atoms with van der Waals surface area (Å²) in [6, 6.07) is 11.4. The van der Waals surface area contributed by atoms with Gasteiger partial charge in [0, 0.05) is 0 Å². The average Bonchev–Trinajstić information content (AvgIpc) is 2.35. The predicted octanol–water partition coefficient (Wildman–Crippen LogP) is 3.56. The van der Waals surface area contributed by atoms with E-state index >= 15 is 0 Å². The largest absolute Gasteiger partial charge is 0.497 e. The van der Waals surface area contributed by atoms with E-state index in [0.717, 1.165) is 22.9 Å². The van der Waals surface area contributed by atoms with Crippen molar-refractivity contribution in [3.05, 3.63) is 65.2 Å². The zero-order chi connectivity index (χ0) is 12.3. The molecule has 2 rings (SSSR count). The Morgan fingerprint density at radius 3 is 2.12 bits per heavy atom. The fraction of sp³-hybridized carbons (Fsp3) is 0.143. The first kappa shape index (κ1) is 11.6. The van der Waals surface area contributed by atoms with Gasteiger partial charge < -0.3 is 4.74 Å². The smallest absolute Gasteiger partial charge is 0.159 e. The Labute approximate surface area is 98.7 Å². The molecule has 2 aromatic rings. The Hall–Kier alpha value is -1.90. The minimum atomic E-state index is -0.816. The van der Waals surface area contributed by atoms with Gasteiger partial charge in [0.15, 0.2) is 11.6 Å². The van der Waals surface area contributed by atoms with Crippen molar-refractivity contribution in [1.29, 1.82) is 0 Å². The minimum Gasteiger partial charge on any atom is -0.497 e. The van der Waals surface area contributed by atoms with Crippen molar-refractivity contribution in [2.24, 2.45) is 0 Å². The second-order valence-corrected chi connectivity index (χ2v) is 3.77. The predicted molar refractivity (Wildman–Crippen MR) is 62.2 cm³/mol. The van der Waals surface area contributed by atoms with Crippen LogP contribution >= 0.6 is 0 Å². The first-order valence-corrected chi connectivity index (χ1v) is 5.26. The highest BCUT2D eigenvalue weighted by atomic mass is 19.2. The van der Waals surface area contributed by atoms with E-state index in [0.29, 0.717) is 6.42 Å². The van der Waals surface area contributed by atoms with Crippen LogP contribution in [0, 0.1) is 11.6 Å².